The standard InChI is InChI=1S/C11H20N2O2/c1-10(8-11(14)15-3)9-13-6-4-12(2)5-7-13/h1,4-9H2,2-3H3. The van der Waals surface area contributed by atoms with Gasteiger partial charge < -0.3 is 9.64 Å². The number of piperazine rings is 1. The summed E-state index contributed by atoms with van der Waals surface area (Å²) in [6.45, 7) is 8.99. The van der Waals surface area contributed by atoms with Gasteiger partial charge in [-0.3, -0.25) is 9.69 Å². The Kier molecular flexibility index (Phi) is 4.78. The smallest absolute Gasteiger partial charge is 0.309 e. The third-order valence-electron chi connectivity index (χ3n) is 2.67. The number of nitrogens with zero attached hydrogens (tertiary/aromatic N) is 2. The quantitative estimate of drug-likeness (QED) is 0.497. The van der Waals surface area contributed by atoms with Gasteiger partial charge in [-0.15, -0.1) is 0 Å². The number of ether oxygens (including phenoxy) is 1. The molecular formula is C11H20N2O2. The molecule has 0 amide bonds. The van der Waals surface area contributed by atoms with Crippen LogP contribution in [0.25, 0.3) is 0 Å². The van der Waals surface area contributed by atoms with Crippen LogP contribution >= 0.6 is 0 Å². The van der Waals surface area contributed by atoms with Crippen molar-refractivity contribution in [1.29, 1.82) is 0 Å². The van der Waals surface area contributed by atoms with Crippen molar-refractivity contribution in [3.63, 3.8) is 0 Å². The third kappa shape index (κ3) is 4.44. The summed E-state index contributed by atoms with van der Waals surface area (Å²) >= 11 is 0. The molecule has 15 heavy (non-hydrogen) atoms. The number of carbonyl (C=O) groups is 1. The number of hydrogen-bond acceptors (Lipinski definition) is 4. The molecule has 1 fully saturated rings. The van der Waals surface area contributed by atoms with Gasteiger partial charge >= 0.3 is 5.97 Å². The molecular weight excluding hydrogens is 192 g/mol. The molecule has 4 heteroatoms. The summed E-state index contributed by atoms with van der Waals surface area (Å²) in [6.07, 6.45) is 0.336. The van der Waals surface area contributed by atoms with Gasteiger partial charge in [-0.1, -0.05) is 12.2 Å². The maximum absolute atomic E-state index is 11.0. The van der Waals surface area contributed by atoms with Crippen molar-refractivity contribution in [1.82, 2.24) is 9.80 Å². The lowest BCUT2D eigenvalue weighted by Gasteiger charge is -2.32. The Morgan fingerprint density at radius 1 is 1.33 bits per heavy atom. The second-order valence-corrected chi connectivity index (χ2v) is 4.08. The van der Waals surface area contributed by atoms with Crippen molar-refractivity contribution < 1.29 is 9.53 Å². The van der Waals surface area contributed by atoms with E-state index in [-0.39, 0.29) is 5.97 Å². The van der Waals surface area contributed by atoms with E-state index in [1.54, 1.807) is 0 Å². The minimum atomic E-state index is -0.200. The summed E-state index contributed by atoms with van der Waals surface area (Å²) in [7, 11) is 3.53. The number of hydrogen-bond donors (Lipinski definition) is 0. The van der Waals surface area contributed by atoms with Gasteiger partial charge in [0.15, 0.2) is 0 Å². The van der Waals surface area contributed by atoms with Crippen molar-refractivity contribution in [2.75, 3.05) is 46.9 Å². The highest BCUT2D eigenvalue weighted by atomic mass is 16.5. The van der Waals surface area contributed by atoms with Crippen LogP contribution in [0.1, 0.15) is 6.42 Å². The Balaban J connectivity index is 2.23. The van der Waals surface area contributed by atoms with E-state index < -0.39 is 0 Å². The summed E-state index contributed by atoms with van der Waals surface area (Å²) < 4.78 is 4.60. The van der Waals surface area contributed by atoms with Crippen molar-refractivity contribution in [2.24, 2.45) is 0 Å². The molecule has 0 radical (unpaired) electrons. The Labute approximate surface area is 91.5 Å². The van der Waals surface area contributed by atoms with Crippen LogP contribution in [0.4, 0.5) is 0 Å². The SMILES string of the molecule is C=C(CC(=O)OC)CN1CCN(C)CC1. The number of likely N-dealkylation sites (N-methyl/N-ethyl adjacent to an activating group) is 1. The summed E-state index contributed by atoms with van der Waals surface area (Å²) in [6, 6.07) is 0. The number of methoxy groups -OCH3 is 1. The molecule has 0 bridgehead atoms. The van der Waals surface area contributed by atoms with E-state index in [0.717, 1.165) is 38.3 Å². The molecule has 0 aromatic heterocycles. The van der Waals surface area contributed by atoms with Gasteiger partial charge in [0, 0.05) is 32.7 Å². The average molecular weight is 212 g/mol. The Hall–Kier alpha value is -0.870. The molecule has 1 aliphatic heterocycles. The maximum atomic E-state index is 11.0. The summed E-state index contributed by atoms with van der Waals surface area (Å²) in [5.74, 6) is -0.200. The van der Waals surface area contributed by atoms with E-state index in [4.69, 9.17) is 0 Å². The Morgan fingerprint density at radius 3 is 2.47 bits per heavy atom. The normalized spacial score (nSPS) is 18.8. The Morgan fingerprint density at radius 2 is 1.93 bits per heavy atom. The van der Waals surface area contributed by atoms with Gasteiger partial charge in [0.25, 0.3) is 0 Å². The third-order valence-corrected chi connectivity index (χ3v) is 2.67. The number of rotatable bonds is 4. The van der Waals surface area contributed by atoms with Crippen LogP contribution in [0.3, 0.4) is 0 Å². The van der Waals surface area contributed by atoms with Gasteiger partial charge in [-0.05, 0) is 7.05 Å². The first kappa shape index (κ1) is 12.2. The second-order valence-electron chi connectivity index (χ2n) is 4.08. The van der Waals surface area contributed by atoms with Gasteiger partial charge in [-0.25, -0.2) is 0 Å². The lowest BCUT2D eigenvalue weighted by molar-refractivity contribution is -0.139. The lowest BCUT2D eigenvalue weighted by atomic mass is 10.2. The van der Waals surface area contributed by atoms with E-state index in [9.17, 15) is 4.79 Å². The predicted molar refractivity (Wildman–Crippen MR) is 59.7 cm³/mol. The highest BCUT2D eigenvalue weighted by Gasteiger charge is 2.15. The molecule has 1 saturated heterocycles. The lowest BCUT2D eigenvalue weighted by Crippen LogP contribution is -2.45. The van der Waals surface area contributed by atoms with Crippen LogP contribution in [-0.4, -0.2) is 62.7 Å². The fourth-order valence-electron chi connectivity index (χ4n) is 1.65. The van der Waals surface area contributed by atoms with Crippen LogP contribution in [0.2, 0.25) is 0 Å². The molecule has 0 aromatic rings. The predicted octanol–water partition coefficient (Wildman–Crippen LogP) is 0.353. The molecule has 0 atom stereocenters. The first-order chi connectivity index (χ1) is 7.11. The molecule has 0 aliphatic carbocycles. The molecule has 0 spiro atoms. The molecule has 1 rings (SSSR count). The largest absolute Gasteiger partial charge is 0.469 e. The number of esters is 1. The fourth-order valence-corrected chi connectivity index (χ4v) is 1.65. The zero-order valence-electron chi connectivity index (χ0n) is 9.66. The minimum absolute atomic E-state index is 0.200. The van der Waals surface area contributed by atoms with Crippen LogP contribution < -0.4 is 0 Å². The zero-order valence-corrected chi connectivity index (χ0v) is 9.66. The van der Waals surface area contributed by atoms with E-state index in [1.807, 2.05) is 0 Å². The summed E-state index contributed by atoms with van der Waals surface area (Å²) in [5, 5.41) is 0. The van der Waals surface area contributed by atoms with Crippen molar-refractivity contribution in [2.45, 2.75) is 6.42 Å². The number of carbonyl (C=O) groups excluding carboxylic acids is 1. The van der Waals surface area contributed by atoms with E-state index in [1.165, 1.54) is 7.11 Å². The monoisotopic (exact) mass is 212 g/mol. The highest BCUT2D eigenvalue weighted by molar-refractivity contribution is 5.72. The van der Waals surface area contributed by atoms with Crippen LogP contribution in [-0.2, 0) is 9.53 Å². The van der Waals surface area contributed by atoms with E-state index in [2.05, 4.69) is 28.2 Å². The van der Waals surface area contributed by atoms with Crippen LogP contribution in [0.5, 0.6) is 0 Å². The summed E-state index contributed by atoms with van der Waals surface area (Å²) in [5.41, 5.74) is 0.936. The first-order valence-electron chi connectivity index (χ1n) is 5.26. The molecule has 1 aliphatic rings. The molecule has 1 heterocycles. The first-order valence-corrected chi connectivity index (χ1v) is 5.26. The Bertz CT molecular complexity index is 233. The zero-order chi connectivity index (χ0) is 11.3. The van der Waals surface area contributed by atoms with Gasteiger partial charge in [-0.2, -0.15) is 0 Å². The molecule has 0 aromatic carbocycles. The van der Waals surface area contributed by atoms with Crippen LogP contribution in [0, 0.1) is 0 Å². The average Bonchev–Trinajstić information content (AvgIpc) is 2.21. The van der Waals surface area contributed by atoms with Gasteiger partial charge in [0.1, 0.15) is 0 Å². The molecule has 4 nitrogen and oxygen atoms in total. The van der Waals surface area contributed by atoms with Gasteiger partial charge in [0.05, 0.1) is 13.5 Å². The fraction of sp³-hybridized carbons (Fsp3) is 0.727. The molecule has 0 saturated carbocycles. The molecule has 86 valence electrons. The topological polar surface area (TPSA) is 32.8 Å². The van der Waals surface area contributed by atoms with Crippen molar-refractivity contribution in [3.8, 4) is 0 Å². The van der Waals surface area contributed by atoms with E-state index >= 15 is 0 Å². The minimum Gasteiger partial charge on any atom is -0.469 e. The molecule has 0 unspecified atom stereocenters. The maximum Gasteiger partial charge on any atom is 0.309 e. The van der Waals surface area contributed by atoms with Crippen molar-refractivity contribution >= 4 is 5.97 Å². The van der Waals surface area contributed by atoms with Crippen molar-refractivity contribution in [3.05, 3.63) is 12.2 Å². The van der Waals surface area contributed by atoms with Gasteiger partial charge in [0.2, 0.25) is 0 Å². The summed E-state index contributed by atoms with van der Waals surface area (Å²) in [4.78, 5) is 15.6. The molecule has 0 N–H and O–H groups in total. The highest BCUT2D eigenvalue weighted by Crippen LogP contribution is 2.06. The van der Waals surface area contributed by atoms with Crippen LogP contribution in [0.15, 0.2) is 12.2 Å². The second kappa shape index (κ2) is 5.88. The van der Waals surface area contributed by atoms with E-state index in [0.29, 0.717) is 6.42 Å².